The molecule has 0 saturated carbocycles. The summed E-state index contributed by atoms with van der Waals surface area (Å²) in [5.41, 5.74) is 7.77. The van der Waals surface area contributed by atoms with Crippen LogP contribution in [-0.4, -0.2) is 18.3 Å². The normalized spacial score (nSPS) is 12.8. The molecule has 14 heavy (non-hydrogen) atoms. The Morgan fingerprint density at radius 3 is 2.79 bits per heavy atom. The van der Waals surface area contributed by atoms with E-state index in [0.29, 0.717) is 13.2 Å². The standard InChI is InChI=1S/C11H17NO2/c1-2-14-8-9-5-3-4-6-10(9)11(12)7-13/h3-6,11,13H,2,7-8,12H2,1H3. The van der Waals surface area contributed by atoms with Crippen LogP contribution in [0.5, 0.6) is 0 Å². The number of aliphatic hydroxyl groups is 1. The van der Waals surface area contributed by atoms with Gasteiger partial charge in [0.1, 0.15) is 0 Å². The maximum Gasteiger partial charge on any atom is 0.0719 e. The molecule has 0 saturated heterocycles. The number of benzene rings is 1. The van der Waals surface area contributed by atoms with Crippen LogP contribution in [-0.2, 0) is 11.3 Å². The molecule has 1 unspecified atom stereocenters. The molecule has 1 aromatic carbocycles. The first kappa shape index (κ1) is 11.2. The highest BCUT2D eigenvalue weighted by Gasteiger charge is 2.08. The van der Waals surface area contributed by atoms with Crippen molar-refractivity contribution in [1.29, 1.82) is 0 Å². The van der Waals surface area contributed by atoms with Gasteiger partial charge in [0.15, 0.2) is 0 Å². The van der Waals surface area contributed by atoms with E-state index >= 15 is 0 Å². The van der Waals surface area contributed by atoms with Gasteiger partial charge in [0, 0.05) is 6.61 Å². The molecule has 0 aliphatic heterocycles. The number of nitrogens with two attached hydrogens (primary N) is 1. The monoisotopic (exact) mass is 195 g/mol. The van der Waals surface area contributed by atoms with Crippen LogP contribution < -0.4 is 5.73 Å². The SMILES string of the molecule is CCOCc1ccccc1C(N)CO. The van der Waals surface area contributed by atoms with E-state index in [1.807, 2.05) is 31.2 Å². The van der Waals surface area contributed by atoms with Gasteiger partial charge in [-0.15, -0.1) is 0 Å². The Hall–Kier alpha value is -0.900. The predicted octanol–water partition coefficient (Wildman–Crippen LogP) is 1.22. The molecule has 3 heteroatoms. The highest BCUT2D eigenvalue weighted by atomic mass is 16.5. The molecular formula is C11H17NO2. The van der Waals surface area contributed by atoms with E-state index in [4.69, 9.17) is 15.6 Å². The fraction of sp³-hybridized carbons (Fsp3) is 0.455. The third-order valence-electron chi connectivity index (χ3n) is 2.11. The van der Waals surface area contributed by atoms with E-state index in [-0.39, 0.29) is 12.6 Å². The summed E-state index contributed by atoms with van der Waals surface area (Å²) >= 11 is 0. The Morgan fingerprint density at radius 1 is 1.43 bits per heavy atom. The molecule has 0 aromatic heterocycles. The van der Waals surface area contributed by atoms with E-state index in [2.05, 4.69) is 0 Å². The quantitative estimate of drug-likeness (QED) is 0.742. The molecule has 78 valence electrons. The molecule has 1 atom stereocenters. The number of aliphatic hydroxyl groups excluding tert-OH is 1. The third-order valence-corrected chi connectivity index (χ3v) is 2.11. The molecule has 3 nitrogen and oxygen atoms in total. The third kappa shape index (κ3) is 2.80. The van der Waals surface area contributed by atoms with E-state index < -0.39 is 0 Å². The van der Waals surface area contributed by atoms with Crippen LogP contribution >= 0.6 is 0 Å². The van der Waals surface area contributed by atoms with Crippen LogP contribution in [0.1, 0.15) is 24.1 Å². The zero-order chi connectivity index (χ0) is 10.4. The lowest BCUT2D eigenvalue weighted by molar-refractivity contribution is 0.132. The zero-order valence-corrected chi connectivity index (χ0v) is 8.44. The first-order valence-electron chi connectivity index (χ1n) is 4.81. The van der Waals surface area contributed by atoms with Gasteiger partial charge in [-0.3, -0.25) is 0 Å². The number of rotatable bonds is 5. The number of hydrogen-bond acceptors (Lipinski definition) is 3. The zero-order valence-electron chi connectivity index (χ0n) is 8.44. The Kier molecular flexibility index (Phi) is 4.59. The van der Waals surface area contributed by atoms with Crippen molar-refractivity contribution < 1.29 is 9.84 Å². The van der Waals surface area contributed by atoms with E-state index in [9.17, 15) is 0 Å². The molecule has 1 rings (SSSR count). The summed E-state index contributed by atoms with van der Waals surface area (Å²) in [6.45, 7) is 3.15. The Bertz CT molecular complexity index is 276. The summed E-state index contributed by atoms with van der Waals surface area (Å²) in [6.07, 6.45) is 0. The second kappa shape index (κ2) is 5.75. The largest absolute Gasteiger partial charge is 0.394 e. The van der Waals surface area contributed by atoms with Crippen molar-refractivity contribution >= 4 is 0 Å². The molecule has 0 aliphatic rings. The lowest BCUT2D eigenvalue weighted by Gasteiger charge is -2.13. The minimum Gasteiger partial charge on any atom is -0.394 e. The van der Waals surface area contributed by atoms with Gasteiger partial charge < -0.3 is 15.6 Å². The van der Waals surface area contributed by atoms with Crippen LogP contribution in [0, 0.1) is 0 Å². The van der Waals surface area contributed by atoms with Gasteiger partial charge in [-0.25, -0.2) is 0 Å². The van der Waals surface area contributed by atoms with Crippen molar-refractivity contribution in [3.05, 3.63) is 35.4 Å². The van der Waals surface area contributed by atoms with Crippen molar-refractivity contribution in [2.75, 3.05) is 13.2 Å². The molecule has 0 heterocycles. The first-order valence-corrected chi connectivity index (χ1v) is 4.81. The predicted molar refractivity (Wildman–Crippen MR) is 55.8 cm³/mol. The second-order valence-electron chi connectivity index (χ2n) is 3.13. The first-order chi connectivity index (χ1) is 6.79. The van der Waals surface area contributed by atoms with Gasteiger partial charge in [-0.1, -0.05) is 24.3 Å². The van der Waals surface area contributed by atoms with Gasteiger partial charge in [0.25, 0.3) is 0 Å². The van der Waals surface area contributed by atoms with Crippen molar-refractivity contribution in [2.45, 2.75) is 19.6 Å². The molecule has 3 N–H and O–H groups in total. The van der Waals surface area contributed by atoms with Gasteiger partial charge in [0.05, 0.1) is 19.3 Å². The fourth-order valence-corrected chi connectivity index (χ4v) is 1.34. The summed E-state index contributed by atoms with van der Waals surface area (Å²) in [7, 11) is 0. The lowest BCUT2D eigenvalue weighted by Crippen LogP contribution is -2.16. The van der Waals surface area contributed by atoms with E-state index in [1.54, 1.807) is 0 Å². The molecule has 1 aromatic rings. The summed E-state index contributed by atoms with van der Waals surface area (Å²) in [5, 5.41) is 8.97. The molecule has 0 bridgehead atoms. The van der Waals surface area contributed by atoms with Gasteiger partial charge >= 0.3 is 0 Å². The molecule has 0 aliphatic carbocycles. The summed E-state index contributed by atoms with van der Waals surface area (Å²) in [4.78, 5) is 0. The summed E-state index contributed by atoms with van der Waals surface area (Å²) in [5.74, 6) is 0. The topological polar surface area (TPSA) is 55.5 Å². The van der Waals surface area contributed by atoms with Gasteiger partial charge in [-0.2, -0.15) is 0 Å². The van der Waals surface area contributed by atoms with Crippen LogP contribution in [0.15, 0.2) is 24.3 Å². The molecule has 0 amide bonds. The summed E-state index contributed by atoms with van der Waals surface area (Å²) < 4.78 is 5.32. The van der Waals surface area contributed by atoms with Crippen LogP contribution in [0.25, 0.3) is 0 Å². The highest BCUT2D eigenvalue weighted by molar-refractivity contribution is 5.29. The van der Waals surface area contributed by atoms with Crippen LogP contribution in [0.4, 0.5) is 0 Å². The second-order valence-corrected chi connectivity index (χ2v) is 3.13. The molecular weight excluding hydrogens is 178 g/mol. The van der Waals surface area contributed by atoms with Gasteiger partial charge in [0.2, 0.25) is 0 Å². The molecule has 0 fully saturated rings. The minimum absolute atomic E-state index is 0.0386. The van der Waals surface area contributed by atoms with Crippen LogP contribution in [0.3, 0.4) is 0 Å². The molecule has 0 radical (unpaired) electrons. The fourth-order valence-electron chi connectivity index (χ4n) is 1.34. The Balaban J connectivity index is 2.79. The average molecular weight is 195 g/mol. The van der Waals surface area contributed by atoms with E-state index in [0.717, 1.165) is 11.1 Å². The summed E-state index contributed by atoms with van der Waals surface area (Å²) in [6, 6.07) is 7.45. The average Bonchev–Trinajstić information content (AvgIpc) is 2.25. The number of hydrogen-bond donors (Lipinski definition) is 2. The maximum absolute atomic E-state index is 8.97. The molecule has 0 spiro atoms. The van der Waals surface area contributed by atoms with Crippen molar-refractivity contribution in [3.8, 4) is 0 Å². The van der Waals surface area contributed by atoms with E-state index in [1.165, 1.54) is 0 Å². The maximum atomic E-state index is 8.97. The lowest BCUT2D eigenvalue weighted by atomic mass is 10.0. The van der Waals surface area contributed by atoms with Crippen molar-refractivity contribution in [3.63, 3.8) is 0 Å². The Labute approximate surface area is 84.5 Å². The van der Waals surface area contributed by atoms with Crippen molar-refractivity contribution in [2.24, 2.45) is 5.73 Å². The minimum atomic E-state index is -0.313. The van der Waals surface area contributed by atoms with Gasteiger partial charge in [-0.05, 0) is 18.1 Å². The highest BCUT2D eigenvalue weighted by Crippen LogP contribution is 2.16. The number of ether oxygens (including phenoxy) is 1. The van der Waals surface area contributed by atoms with Crippen molar-refractivity contribution in [1.82, 2.24) is 0 Å². The smallest absolute Gasteiger partial charge is 0.0719 e. The Morgan fingerprint density at radius 2 is 2.14 bits per heavy atom. The van der Waals surface area contributed by atoms with Crippen LogP contribution in [0.2, 0.25) is 0 Å².